The molecule has 214 valence electrons. The molecule has 2 heterocycles. The Kier molecular flexibility index (Phi) is 9.05. The Morgan fingerprint density at radius 3 is 2.34 bits per heavy atom. The second-order valence-corrected chi connectivity index (χ2v) is 19.2. The number of benzene rings is 1. The predicted octanol–water partition coefficient (Wildman–Crippen LogP) is 6.46. The van der Waals surface area contributed by atoms with Gasteiger partial charge in [0.2, 0.25) is 11.7 Å². The fraction of sp³-hybridized carbons (Fsp3) is 0.759. The molecule has 5 atom stereocenters. The zero-order valence-corrected chi connectivity index (χ0v) is 25.9. The van der Waals surface area contributed by atoms with E-state index in [0.29, 0.717) is 37.1 Å². The highest BCUT2D eigenvalue weighted by Crippen LogP contribution is 2.53. The first-order valence-electron chi connectivity index (χ1n) is 14.0. The first-order chi connectivity index (χ1) is 17.7. The van der Waals surface area contributed by atoms with Crippen LogP contribution in [0, 0.1) is 23.2 Å². The Balaban J connectivity index is 1.48. The standard InChI is InChI=1S/C29H46ClNO6Si/c1-20-8-11-22(16-25(32)31-17-21-9-12-23(30)13-10-21)29(35-26(36-37-29)38(5,6)7)24(20)14-15-28(4)33-18-27(2,3)19-34-28/h9-10,12-13,20,22,24,26H,8,11,14-19H2,1-7H3,(H,31,32)/t20-,22+,24+,26?,29?/m1/s1. The smallest absolute Gasteiger partial charge is 0.220 e. The van der Waals surface area contributed by atoms with E-state index in [1.165, 1.54) is 0 Å². The lowest BCUT2D eigenvalue weighted by molar-refractivity contribution is -0.370. The summed E-state index contributed by atoms with van der Waals surface area (Å²) in [6.45, 7) is 17.0. The molecular formula is C29H46ClNO6Si. The summed E-state index contributed by atoms with van der Waals surface area (Å²) in [6.07, 6.45) is 3.67. The van der Waals surface area contributed by atoms with Crippen molar-refractivity contribution >= 4 is 25.6 Å². The Morgan fingerprint density at radius 2 is 1.74 bits per heavy atom. The van der Waals surface area contributed by atoms with E-state index in [0.717, 1.165) is 31.2 Å². The van der Waals surface area contributed by atoms with E-state index in [4.69, 9.17) is 35.6 Å². The lowest BCUT2D eigenvalue weighted by atomic mass is 9.67. The summed E-state index contributed by atoms with van der Waals surface area (Å²) < 4.78 is 19.2. The molecular weight excluding hydrogens is 522 g/mol. The van der Waals surface area contributed by atoms with Gasteiger partial charge in [-0.15, -0.1) is 0 Å². The molecule has 1 aliphatic carbocycles. The largest absolute Gasteiger partial charge is 0.352 e. The van der Waals surface area contributed by atoms with Crippen LogP contribution in [0.15, 0.2) is 24.3 Å². The van der Waals surface area contributed by atoms with Gasteiger partial charge in [0.25, 0.3) is 0 Å². The molecule has 0 aromatic heterocycles. The van der Waals surface area contributed by atoms with Gasteiger partial charge in [-0.05, 0) is 49.8 Å². The van der Waals surface area contributed by atoms with Gasteiger partial charge in [-0.1, -0.05) is 64.1 Å². The third-order valence-corrected chi connectivity index (χ3v) is 10.2. The Hall–Kier alpha value is -1.00. The van der Waals surface area contributed by atoms with Crippen molar-refractivity contribution in [3.63, 3.8) is 0 Å². The third kappa shape index (κ3) is 7.00. The molecule has 3 aliphatic rings. The van der Waals surface area contributed by atoms with Crippen LogP contribution in [0.1, 0.15) is 65.4 Å². The number of carbonyl (C=O) groups is 1. The molecule has 9 heteroatoms. The highest BCUT2D eigenvalue weighted by molar-refractivity contribution is 6.77. The maximum atomic E-state index is 13.2. The van der Waals surface area contributed by atoms with Crippen molar-refractivity contribution in [3.8, 4) is 0 Å². The Morgan fingerprint density at radius 1 is 1.08 bits per heavy atom. The fourth-order valence-corrected chi connectivity index (χ4v) is 6.70. The number of carbonyl (C=O) groups excluding carboxylic acids is 1. The van der Waals surface area contributed by atoms with Gasteiger partial charge < -0.3 is 19.5 Å². The maximum absolute atomic E-state index is 13.2. The molecule has 38 heavy (non-hydrogen) atoms. The Bertz CT molecular complexity index is 957. The summed E-state index contributed by atoms with van der Waals surface area (Å²) in [6, 6.07) is 7.52. The van der Waals surface area contributed by atoms with Gasteiger partial charge in [-0.25, -0.2) is 4.89 Å². The van der Waals surface area contributed by atoms with E-state index in [9.17, 15) is 4.79 Å². The van der Waals surface area contributed by atoms with Gasteiger partial charge in [0, 0.05) is 41.7 Å². The van der Waals surface area contributed by atoms with Crippen molar-refractivity contribution in [2.24, 2.45) is 23.2 Å². The molecule has 1 aromatic rings. The second-order valence-electron chi connectivity index (χ2n) is 13.6. The predicted molar refractivity (Wildman–Crippen MR) is 150 cm³/mol. The first kappa shape index (κ1) is 30.0. The van der Waals surface area contributed by atoms with Crippen LogP contribution < -0.4 is 5.32 Å². The van der Waals surface area contributed by atoms with Gasteiger partial charge in [0.1, 0.15) is 8.07 Å². The highest BCUT2D eigenvalue weighted by Gasteiger charge is 2.60. The van der Waals surface area contributed by atoms with E-state index in [2.05, 4.69) is 45.7 Å². The maximum Gasteiger partial charge on any atom is 0.220 e. The normalized spacial score (nSPS) is 32.8. The van der Waals surface area contributed by atoms with E-state index in [-0.39, 0.29) is 29.1 Å². The van der Waals surface area contributed by atoms with Gasteiger partial charge in [-0.3, -0.25) is 4.79 Å². The lowest BCUT2D eigenvalue weighted by Crippen LogP contribution is -2.55. The third-order valence-electron chi connectivity index (χ3n) is 8.29. The summed E-state index contributed by atoms with van der Waals surface area (Å²) in [5.74, 6) is -1.73. The van der Waals surface area contributed by atoms with Crippen LogP contribution in [0.4, 0.5) is 0 Å². The van der Waals surface area contributed by atoms with Crippen LogP contribution in [0.5, 0.6) is 0 Å². The fourth-order valence-electron chi connectivity index (χ4n) is 5.70. The van der Waals surface area contributed by atoms with Gasteiger partial charge in [0.15, 0.2) is 11.7 Å². The molecule has 2 aliphatic heterocycles. The second kappa shape index (κ2) is 11.5. The molecule has 0 radical (unpaired) electrons. The highest BCUT2D eigenvalue weighted by atomic mass is 35.5. The molecule has 1 aromatic carbocycles. The van der Waals surface area contributed by atoms with Crippen molar-refractivity contribution in [1.29, 1.82) is 0 Å². The average molecular weight is 568 g/mol. The van der Waals surface area contributed by atoms with Crippen LogP contribution in [0.3, 0.4) is 0 Å². The zero-order valence-electron chi connectivity index (χ0n) is 24.1. The molecule has 3 fully saturated rings. The zero-order chi connectivity index (χ0) is 27.8. The van der Waals surface area contributed by atoms with Crippen molar-refractivity contribution in [2.45, 2.75) is 103 Å². The van der Waals surface area contributed by atoms with Gasteiger partial charge in [0.05, 0.1) is 13.2 Å². The van der Waals surface area contributed by atoms with Crippen molar-refractivity contribution < 1.29 is 28.8 Å². The quantitative estimate of drug-likeness (QED) is 0.287. The van der Waals surface area contributed by atoms with Crippen LogP contribution in [0.2, 0.25) is 24.7 Å². The van der Waals surface area contributed by atoms with E-state index in [1.807, 2.05) is 31.2 Å². The summed E-state index contributed by atoms with van der Waals surface area (Å²) in [5.41, 5.74) is 1.02. The number of hydrogen-bond acceptors (Lipinski definition) is 6. The molecule has 7 nitrogen and oxygen atoms in total. The molecule has 0 bridgehead atoms. The number of halogens is 1. The van der Waals surface area contributed by atoms with Crippen molar-refractivity contribution in [3.05, 3.63) is 34.9 Å². The van der Waals surface area contributed by atoms with Crippen LogP contribution in [0.25, 0.3) is 0 Å². The molecule has 1 saturated carbocycles. The summed E-state index contributed by atoms with van der Waals surface area (Å²) in [5, 5.41) is 3.75. The van der Waals surface area contributed by atoms with Gasteiger partial charge >= 0.3 is 0 Å². The number of rotatable bonds is 8. The minimum absolute atomic E-state index is 0.0133. The molecule has 1 N–H and O–H groups in total. The minimum Gasteiger partial charge on any atom is -0.352 e. The monoisotopic (exact) mass is 567 g/mol. The molecule has 2 unspecified atom stereocenters. The van der Waals surface area contributed by atoms with E-state index in [1.54, 1.807) is 0 Å². The number of hydrogen-bond donors (Lipinski definition) is 1. The number of amides is 1. The Labute approximate surface area is 234 Å². The van der Waals surface area contributed by atoms with Gasteiger partial charge in [-0.2, -0.15) is 4.89 Å². The van der Waals surface area contributed by atoms with Crippen LogP contribution >= 0.6 is 11.6 Å². The summed E-state index contributed by atoms with van der Waals surface area (Å²) >= 11 is 6.00. The lowest BCUT2D eigenvalue weighted by Gasteiger charge is -2.48. The molecule has 1 spiro atoms. The average Bonchev–Trinajstić information content (AvgIpc) is 3.29. The summed E-state index contributed by atoms with van der Waals surface area (Å²) in [7, 11) is -1.84. The number of ether oxygens (including phenoxy) is 3. The van der Waals surface area contributed by atoms with Crippen molar-refractivity contribution in [2.75, 3.05) is 13.2 Å². The van der Waals surface area contributed by atoms with E-state index < -0.39 is 19.6 Å². The number of nitrogens with one attached hydrogen (secondary N) is 1. The van der Waals surface area contributed by atoms with E-state index >= 15 is 0 Å². The van der Waals surface area contributed by atoms with Crippen molar-refractivity contribution in [1.82, 2.24) is 5.32 Å². The molecule has 2 saturated heterocycles. The molecule has 4 rings (SSSR count). The minimum atomic E-state index is -1.84. The summed E-state index contributed by atoms with van der Waals surface area (Å²) in [4.78, 5) is 25.3. The van der Waals surface area contributed by atoms with Crippen LogP contribution in [-0.2, 0) is 35.3 Å². The molecule has 1 amide bonds. The topological polar surface area (TPSA) is 75.3 Å². The SMILES string of the molecule is C[C@@H]1CC[C@@H](CC(=O)NCc2ccc(Cl)cc2)C2(OOC([Si](C)(C)C)O2)[C@H]1CCC1(C)OCC(C)(C)CO1. The van der Waals surface area contributed by atoms with Crippen LogP contribution in [-0.4, -0.2) is 44.7 Å². The first-order valence-corrected chi connectivity index (χ1v) is 18.0.